The summed E-state index contributed by atoms with van der Waals surface area (Å²) in [6, 6.07) is 8.58. The van der Waals surface area contributed by atoms with Gasteiger partial charge in [0.15, 0.2) is 5.76 Å². The maximum atomic E-state index is 12.9. The molecule has 2 unspecified atom stereocenters. The van der Waals surface area contributed by atoms with Gasteiger partial charge in [-0.3, -0.25) is 4.79 Å². The highest BCUT2D eigenvalue weighted by molar-refractivity contribution is 7.12. The van der Waals surface area contributed by atoms with Crippen molar-refractivity contribution >= 4 is 28.3 Å². The SMILES string of the molecule is CCOc1c(C2CC2c2ccc(C)s2)oc2ccc(C(=O)O)cc2c1=O. The maximum absolute atomic E-state index is 12.9. The fourth-order valence-corrected chi connectivity index (χ4v) is 4.36. The van der Waals surface area contributed by atoms with Crippen LogP contribution in [0.5, 0.6) is 5.75 Å². The quantitative estimate of drug-likeness (QED) is 0.714. The lowest BCUT2D eigenvalue weighted by Crippen LogP contribution is -2.12. The van der Waals surface area contributed by atoms with Gasteiger partial charge in [-0.1, -0.05) is 0 Å². The number of carboxylic acids is 1. The number of aromatic carboxylic acids is 1. The van der Waals surface area contributed by atoms with Gasteiger partial charge in [0.2, 0.25) is 11.2 Å². The molecule has 1 aromatic carbocycles. The highest BCUT2D eigenvalue weighted by Gasteiger charge is 2.45. The van der Waals surface area contributed by atoms with Crippen LogP contribution in [0.2, 0.25) is 0 Å². The summed E-state index contributed by atoms with van der Waals surface area (Å²) < 4.78 is 11.6. The predicted molar refractivity (Wildman–Crippen MR) is 99.8 cm³/mol. The van der Waals surface area contributed by atoms with Crippen LogP contribution in [0.25, 0.3) is 11.0 Å². The van der Waals surface area contributed by atoms with Crippen LogP contribution in [-0.4, -0.2) is 17.7 Å². The lowest BCUT2D eigenvalue weighted by atomic mass is 10.1. The van der Waals surface area contributed by atoms with Crippen LogP contribution in [0.3, 0.4) is 0 Å². The highest BCUT2D eigenvalue weighted by Crippen LogP contribution is 2.57. The molecule has 1 aliphatic rings. The van der Waals surface area contributed by atoms with Crippen LogP contribution >= 0.6 is 11.3 Å². The molecule has 26 heavy (non-hydrogen) atoms. The summed E-state index contributed by atoms with van der Waals surface area (Å²) in [5, 5.41) is 9.40. The summed E-state index contributed by atoms with van der Waals surface area (Å²) in [6.45, 7) is 4.23. The molecule has 0 amide bonds. The zero-order valence-corrected chi connectivity index (χ0v) is 15.3. The van der Waals surface area contributed by atoms with Gasteiger partial charge in [-0.2, -0.15) is 0 Å². The number of thiophene rings is 1. The van der Waals surface area contributed by atoms with E-state index in [0.717, 1.165) is 6.42 Å². The number of hydrogen-bond donors (Lipinski definition) is 1. The Hall–Kier alpha value is -2.60. The molecular formula is C20H18O5S. The Kier molecular flexibility index (Phi) is 4.07. The fourth-order valence-electron chi connectivity index (χ4n) is 3.31. The van der Waals surface area contributed by atoms with Crippen molar-refractivity contribution in [3.63, 3.8) is 0 Å². The Morgan fingerprint density at radius 1 is 1.31 bits per heavy atom. The van der Waals surface area contributed by atoms with Crippen LogP contribution in [0.15, 0.2) is 39.5 Å². The Bertz CT molecular complexity index is 1060. The second-order valence-electron chi connectivity index (χ2n) is 6.47. The first kappa shape index (κ1) is 16.8. The monoisotopic (exact) mass is 370 g/mol. The number of fused-ring (bicyclic) bond motifs is 1. The summed E-state index contributed by atoms with van der Waals surface area (Å²) in [5.74, 6) is 0.160. The summed E-state index contributed by atoms with van der Waals surface area (Å²) in [4.78, 5) is 26.7. The van der Waals surface area contributed by atoms with Gasteiger partial charge >= 0.3 is 5.97 Å². The molecule has 4 rings (SSSR count). The largest absolute Gasteiger partial charge is 0.487 e. The molecule has 134 valence electrons. The van der Waals surface area contributed by atoms with Crippen molar-refractivity contribution in [2.45, 2.75) is 32.1 Å². The van der Waals surface area contributed by atoms with E-state index >= 15 is 0 Å². The van der Waals surface area contributed by atoms with Gasteiger partial charge in [0.05, 0.1) is 17.6 Å². The van der Waals surface area contributed by atoms with Gasteiger partial charge in [-0.15, -0.1) is 11.3 Å². The zero-order valence-electron chi connectivity index (χ0n) is 14.4. The number of rotatable bonds is 5. The molecule has 0 saturated heterocycles. The van der Waals surface area contributed by atoms with Gasteiger partial charge in [0.25, 0.3) is 0 Å². The zero-order chi connectivity index (χ0) is 18.4. The van der Waals surface area contributed by atoms with E-state index in [0.29, 0.717) is 23.9 Å². The molecule has 5 nitrogen and oxygen atoms in total. The molecule has 2 atom stereocenters. The van der Waals surface area contributed by atoms with Gasteiger partial charge in [0, 0.05) is 21.6 Å². The van der Waals surface area contributed by atoms with Crippen molar-refractivity contribution in [3.05, 3.63) is 61.6 Å². The average molecular weight is 370 g/mol. The van der Waals surface area contributed by atoms with E-state index in [9.17, 15) is 9.59 Å². The first-order valence-corrected chi connectivity index (χ1v) is 9.34. The second-order valence-corrected chi connectivity index (χ2v) is 7.79. The third kappa shape index (κ3) is 2.80. The van der Waals surface area contributed by atoms with Crippen molar-refractivity contribution in [1.82, 2.24) is 0 Å². The number of hydrogen-bond acceptors (Lipinski definition) is 5. The third-order valence-electron chi connectivity index (χ3n) is 4.66. The van der Waals surface area contributed by atoms with E-state index < -0.39 is 5.97 Å². The molecule has 1 aliphatic carbocycles. The summed E-state index contributed by atoms with van der Waals surface area (Å²) in [6.07, 6.45) is 0.918. The molecule has 3 aromatic rings. The van der Waals surface area contributed by atoms with Crippen molar-refractivity contribution in [3.8, 4) is 5.75 Å². The van der Waals surface area contributed by atoms with Crippen molar-refractivity contribution in [2.75, 3.05) is 6.61 Å². The first-order valence-electron chi connectivity index (χ1n) is 8.52. The molecule has 1 saturated carbocycles. The van der Waals surface area contributed by atoms with Crippen LogP contribution in [0.1, 0.15) is 51.1 Å². The van der Waals surface area contributed by atoms with E-state index in [2.05, 4.69) is 19.1 Å². The van der Waals surface area contributed by atoms with Crippen LogP contribution in [-0.2, 0) is 0 Å². The number of aryl methyl sites for hydroxylation is 1. The Morgan fingerprint density at radius 2 is 2.12 bits per heavy atom. The van der Waals surface area contributed by atoms with Crippen molar-refractivity contribution in [1.29, 1.82) is 0 Å². The average Bonchev–Trinajstić information content (AvgIpc) is 3.30. The summed E-state index contributed by atoms with van der Waals surface area (Å²) >= 11 is 1.76. The Morgan fingerprint density at radius 3 is 2.77 bits per heavy atom. The van der Waals surface area contributed by atoms with E-state index in [4.69, 9.17) is 14.3 Å². The molecule has 0 radical (unpaired) electrons. The lowest BCUT2D eigenvalue weighted by molar-refractivity contribution is 0.0697. The van der Waals surface area contributed by atoms with E-state index in [-0.39, 0.29) is 28.0 Å². The minimum atomic E-state index is -1.08. The summed E-state index contributed by atoms with van der Waals surface area (Å²) in [7, 11) is 0. The van der Waals surface area contributed by atoms with Crippen LogP contribution < -0.4 is 10.2 Å². The maximum Gasteiger partial charge on any atom is 0.335 e. The molecule has 6 heteroatoms. The summed E-state index contributed by atoms with van der Waals surface area (Å²) in [5.41, 5.74) is 0.143. The molecule has 2 aromatic heterocycles. The topological polar surface area (TPSA) is 76.7 Å². The number of carboxylic acid groups (broad SMARTS) is 1. The molecule has 0 aliphatic heterocycles. The molecular weight excluding hydrogens is 352 g/mol. The van der Waals surface area contributed by atoms with Gasteiger partial charge < -0.3 is 14.3 Å². The second kappa shape index (κ2) is 6.29. The number of carbonyl (C=O) groups is 1. The van der Waals surface area contributed by atoms with E-state index in [1.807, 2.05) is 6.92 Å². The fraction of sp³-hybridized carbons (Fsp3) is 0.300. The minimum Gasteiger partial charge on any atom is -0.487 e. The van der Waals surface area contributed by atoms with Crippen molar-refractivity contribution in [2.24, 2.45) is 0 Å². The predicted octanol–water partition coefficient (Wildman–Crippen LogP) is 4.53. The standard InChI is InChI=1S/C20H18O5S/c1-3-24-19-17(21)14-8-11(20(22)23)5-6-15(14)25-18(19)13-9-12(13)16-7-4-10(2)26-16/h4-8,12-13H,3,9H2,1-2H3,(H,22,23). The lowest BCUT2D eigenvalue weighted by Gasteiger charge is -2.10. The van der Waals surface area contributed by atoms with Crippen LogP contribution in [0, 0.1) is 6.92 Å². The van der Waals surface area contributed by atoms with Gasteiger partial charge in [-0.05, 0) is 50.6 Å². The molecule has 2 heterocycles. The van der Waals surface area contributed by atoms with E-state index in [1.54, 1.807) is 17.4 Å². The number of ether oxygens (including phenoxy) is 1. The first-order chi connectivity index (χ1) is 12.5. The number of benzene rings is 1. The van der Waals surface area contributed by atoms with Crippen LogP contribution in [0.4, 0.5) is 0 Å². The minimum absolute atomic E-state index is 0.0540. The smallest absolute Gasteiger partial charge is 0.335 e. The Labute approximate surface area is 153 Å². The van der Waals surface area contributed by atoms with Crippen molar-refractivity contribution < 1.29 is 19.1 Å². The molecule has 0 bridgehead atoms. The van der Waals surface area contributed by atoms with Gasteiger partial charge in [0.1, 0.15) is 5.58 Å². The van der Waals surface area contributed by atoms with Gasteiger partial charge in [-0.25, -0.2) is 4.79 Å². The molecule has 0 spiro atoms. The Balaban J connectivity index is 1.82. The third-order valence-corrected chi connectivity index (χ3v) is 5.80. The normalized spacial score (nSPS) is 18.8. The molecule has 1 fully saturated rings. The van der Waals surface area contributed by atoms with E-state index in [1.165, 1.54) is 21.9 Å². The molecule has 1 N–H and O–H groups in total. The highest BCUT2D eigenvalue weighted by atomic mass is 32.1.